The maximum Gasteiger partial charge on any atom is 0.160 e. The molecule has 3 aromatic rings. The van der Waals surface area contributed by atoms with Gasteiger partial charge in [0.15, 0.2) is 5.84 Å². The number of anilines is 2. The number of aliphatic imine (C=N–C) groups is 1. The van der Waals surface area contributed by atoms with Crippen LogP contribution in [0.1, 0.15) is 23.3 Å². The van der Waals surface area contributed by atoms with Gasteiger partial charge in [-0.25, -0.2) is 0 Å². The SMILES string of the molecule is C#CN=C(Nc1cccc(O)c1)c1sc(-c2cccc(CN3CCCC3)c2)cc1N. The standard InChI is InChI=1S/C24H24N4OS/c1-2-26-24(27-19-9-6-10-20(29)14-19)23-21(25)15-22(30-23)18-8-5-7-17(13-18)16-28-11-3-4-12-28/h1,5-10,13-15,29H,3-4,11-12,16,25H2,(H,26,27). The minimum Gasteiger partial charge on any atom is -0.508 e. The molecule has 2 heterocycles. The molecule has 1 fully saturated rings. The molecule has 0 radical (unpaired) electrons. The van der Waals surface area contributed by atoms with E-state index in [0.29, 0.717) is 17.2 Å². The summed E-state index contributed by atoms with van der Waals surface area (Å²) in [6.07, 6.45) is 8.02. The number of hydrogen-bond acceptors (Lipinski definition) is 5. The molecule has 6 heteroatoms. The number of amidine groups is 1. The number of phenols is 1. The number of hydrogen-bond donors (Lipinski definition) is 3. The van der Waals surface area contributed by atoms with Crippen LogP contribution in [0.25, 0.3) is 10.4 Å². The summed E-state index contributed by atoms with van der Waals surface area (Å²) in [6, 6.07) is 19.7. The number of likely N-dealkylation sites (tertiary alicyclic amines) is 1. The van der Waals surface area contributed by atoms with E-state index in [1.807, 2.05) is 12.1 Å². The molecule has 30 heavy (non-hydrogen) atoms. The molecule has 1 aliphatic heterocycles. The third-order valence-electron chi connectivity index (χ3n) is 5.08. The number of thiophene rings is 1. The molecule has 152 valence electrons. The van der Waals surface area contributed by atoms with E-state index < -0.39 is 0 Å². The van der Waals surface area contributed by atoms with Gasteiger partial charge in [0.05, 0.1) is 10.6 Å². The first kappa shape index (κ1) is 20.0. The summed E-state index contributed by atoms with van der Waals surface area (Å²) in [5.41, 5.74) is 10.1. The maximum absolute atomic E-state index is 9.72. The van der Waals surface area contributed by atoms with Crippen molar-refractivity contribution < 1.29 is 5.11 Å². The van der Waals surface area contributed by atoms with Crippen LogP contribution in [0.4, 0.5) is 11.4 Å². The van der Waals surface area contributed by atoms with E-state index in [-0.39, 0.29) is 5.75 Å². The summed E-state index contributed by atoms with van der Waals surface area (Å²) in [5, 5.41) is 12.9. The zero-order valence-electron chi connectivity index (χ0n) is 16.6. The van der Waals surface area contributed by atoms with Crippen LogP contribution in [-0.4, -0.2) is 28.9 Å². The Bertz CT molecular complexity index is 1110. The molecule has 5 nitrogen and oxygen atoms in total. The number of nitrogen functional groups attached to an aromatic ring is 1. The van der Waals surface area contributed by atoms with Gasteiger partial charge in [0.1, 0.15) is 5.75 Å². The average Bonchev–Trinajstić information content (AvgIpc) is 3.38. The smallest absolute Gasteiger partial charge is 0.160 e. The zero-order chi connectivity index (χ0) is 20.9. The lowest BCUT2D eigenvalue weighted by molar-refractivity contribution is 0.331. The van der Waals surface area contributed by atoms with E-state index in [1.165, 1.54) is 31.5 Å². The van der Waals surface area contributed by atoms with E-state index in [2.05, 4.69) is 45.5 Å². The topological polar surface area (TPSA) is 73.9 Å². The van der Waals surface area contributed by atoms with Crippen molar-refractivity contribution in [1.29, 1.82) is 0 Å². The molecule has 4 rings (SSSR count). The summed E-state index contributed by atoms with van der Waals surface area (Å²) in [4.78, 5) is 8.48. The van der Waals surface area contributed by atoms with Crippen LogP contribution in [0.5, 0.6) is 5.75 Å². The van der Waals surface area contributed by atoms with Crippen molar-refractivity contribution in [1.82, 2.24) is 4.90 Å². The summed E-state index contributed by atoms with van der Waals surface area (Å²) >= 11 is 1.55. The highest BCUT2D eigenvalue weighted by Crippen LogP contribution is 2.34. The molecule has 0 amide bonds. The second kappa shape index (κ2) is 9.04. The lowest BCUT2D eigenvalue weighted by Crippen LogP contribution is -2.18. The van der Waals surface area contributed by atoms with Gasteiger partial charge in [-0.1, -0.05) is 30.7 Å². The molecule has 0 saturated carbocycles. The number of benzene rings is 2. The Morgan fingerprint density at radius 1 is 1.17 bits per heavy atom. The molecule has 1 aliphatic rings. The molecular weight excluding hydrogens is 392 g/mol. The van der Waals surface area contributed by atoms with Crippen molar-refractivity contribution in [2.24, 2.45) is 4.99 Å². The number of nitrogens with zero attached hydrogens (tertiary/aromatic N) is 2. The summed E-state index contributed by atoms with van der Waals surface area (Å²) in [6.45, 7) is 3.32. The van der Waals surface area contributed by atoms with Crippen LogP contribution in [0.3, 0.4) is 0 Å². The van der Waals surface area contributed by atoms with Crippen molar-refractivity contribution in [2.45, 2.75) is 19.4 Å². The Kier molecular flexibility index (Phi) is 6.03. The van der Waals surface area contributed by atoms with Gasteiger partial charge < -0.3 is 16.2 Å². The quantitative estimate of drug-likeness (QED) is 0.319. The van der Waals surface area contributed by atoms with Crippen molar-refractivity contribution >= 4 is 28.5 Å². The second-order valence-electron chi connectivity index (χ2n) is 7.34. The van der Waals surface area contributed by atoms with Gasteiger partial charge in [0.25, 0.3) is 0 Å². The number of terminal acetylenes is 1. The van der Waals surface area contributed by atoms with Crippen LogP contribution >= 0.6 is 11.3 Å². The summed E-state index contributed by atoms with van der Waals surface area (Å²) in [7, 11) is 0. The van der Waals surface area contributed by atoms with E-state index in [9.17, 15) is 5.11 Å². The minimum absolute atomic E-state index is 0.162. The normalized spacial score (nSPS) is 14.6. The molecule has 0 unspecified atom stereocenters. The van der Waals surface area contributed by atoms with Gasteiger partial charge in [0, 0.05) is 29.2 Å². The summed E-state index contributed by atoms with van der Waals surface area (Å²) < 4.78 is 0. The first-order valence-corrected chi connectivity index (χ1v) is 10.7. The van der Waals surface area contributed by atoms with Gasteiger partial charge in [-0.05, 0) is 61.3 Å². The average molecular weight is 417 g/mol. The Hall–Kier alpha value is -3.27. The Balaban J connectivity index is 1.60. The van der Waals surface area contributed by atoms with Crippen LogP contribution in [0.15, 0.2) is 59.6 Å². The molecule has 2 aromatic carbocycles. The molecule has 4 N–H and O–H groups in total. The highest BCUT2D eigenvalue weighted by Gasteiger charge is 2.16. The molecular formula is C24H24N4OS. The van der Waals surface area contributed by atoms with Crippen LogP contribution in [-0.2, 0) is 6.54 Å². The maximum atomic E-state index is 9.72. The van der Waals surface area contributed by atoms with Gasteiger partial charge in [-0.15, -0.1) is 11.3 Å². The van der Waals surface area contributed by atoms with Crippen LogP contribution < -0.4 is 11.1 Å². The molecule has 0 bridgehead atoms. The summed E-state index contributed by atoms with van der Waals surface area (Å²) in [5.74, 6) is 0.653. The van der Waals surface area contributed by atoms with Crippen molar-refractivity contribution in [3.63, 3.8) is 0 Å². The highest BCUT2D eigenvalue weighted by molar-refractivity contribution is 7.18. The van der Waals surface area contributed by atoms with E-state index >= 15 is 0 Å². The fourth-order valence-electron chi connectivity index (χ4n) is 3.67. The number of nitrogens with two attached hydrogens (primary N) is 1. The third kappa shape index (κ3) is 4.65. The molecule has 0 spiro atoms. The molecule has 0 aliphatic carbocycles. The van der Waals surface area contributed by atoms with Gasteiger partial charge >= 0.3 is 0 Å². The first-order valence-electron chi connectivity index (χ1n) is 9.93. The molecule has 1 aromatic heterocycles. The molecule has 0 atom stereocenters. The lowest BCUT2D eigenvalue weighted by atomic mass is 10.1. The number of rotatable bonds is 5. The zero-order valence-corrected chi connectivity index (χ0v) is 17.5. The highest BCUT2D eigenvalue weighted by atomic mass is 32.1. The lowest BCUT2D eigenvalue weighted by Gasteiger charge is -2.14. The van der Waals surface area contributed by atoms with Gasteiger partial charge in [-0.3, -0.25) is 4.90 Å². The number of aromatic hydroxyl groups is 1. The van der Waals surface area contributed by atoms with Crippen molar-refractivity contribution in [2.75, 3.05) is 24.1 Å². The van der Waals surface area contributed by atoms with E-state index in [1.54, 1.807) is 29.5 Å². The number of nitrogens with one attached hydrogen (secondary N) is 1. The van der Waals surface area contributed by atoms with Crippen molar-refractivity contribution in [3.05, 3.63) is 65.0 Å². The minimum atomic E-state index is 0.162. The Morgan fingerprint density at radius 3 is 2.73 bits per heavy atom. The monoisotopic (exact) mass is 416 g/mol. The Labute approximate surface area is 180 Å². The van der Waals surface area contributed by atoms with Gasteiger partial charge in [-0.2, -0.15) is 4.99 Å². The predicted octanol–water partition coefficient (Wildman–Crippen LogP) is 4.75. The first-order chi connectivity index (χ1) is 14.6. The van der Waals surface area contributed by atoms with E-state index in [0.717, 1.165) is 21.9 Å². The number of phenolic OH excluding ortho intramolecular Hbond substituents is 1. The largest absolute Gasteiger partial charge is 0.508 e. The third-order valence-corrected chi connectivity index (χ3v) is 6.28. The Morgan fingerprint density at radius 2 is 1.97 bits per heavy atom. The van der Waals surface area contributed by atoms with E-state index in [4.69, 9.17) is 12.2 Å². The van der Waals surface area contributed by atoms with Crippen molar-refractivity contribution in [3.8, 4) is 28.7 Å². The fourth-order valence-corrected chi connectivity index (χ4v) is 4.70. The van der Waals surface area contributed by atoms with Gasteiger partial charge in [0.2, 0.25) is 0 Å². The molecule has 1 saturated heterocycles. The predicted molar refractivity (Wildman–Crippen MR) is 126 cm³/mol. The van der Waals surface area contributed by atoms with Crippen LogP contribution in [0.2, 0.25) is 0 Å². The van der Waals surface area contributed by atoms with Crippen LogP contribution in [0, 0.1) is 12.5 Å². The second-order valence-corrected chi connectivity index (χ2v) is 8.40. The fraction of sp³-hybridized carbons (Fsp3) is 0.208.